The van der Waals surface area contributed by atoms with Gasteiger partial charge in [0.25, 0.3) is 5.56 Å². The van der Waals surface area contributed by atoms with Gasteiger partial charge in [0.1, 0.15) is 6.54 Å². The number of nitrogens with zero attached hydrogens (tertiary/aromatic N) is 5. The minimum Gasteiger partial charge on any atom is -0.377 e. The number of carbonyl (C=O) groups excluding carboxylic acids is 2. The van der Waals surface area contributed by atoms with Crippen molar-refractivity contribution in [1.29, 1.82) is 0 Å². The zero-order valence-electron chi connectivity index (χ0n) is 22.9. The van der Waals surface area contributed by atoms with Crippen LogP contribution in [-0.2, 0) is 33.5 Å². The molecule has 220 valence electrons. The second-order valence-corrected chi connectivity index (χ2v) is 9.82. The number of aromatic nitrogens is 4. The first-order valence-corrected chi connectivity index (χ1v) is 13.5. The molecule has 0 spiro atoms. The van der Waals surface area contributed by atoms with Crippen LogP contribution in [0.4, 0.5) is 18.9 Å². The van der Waals surface area contributed by atoms with Crippen LogP contribution < -0.4 is 10.9 Å². The average molecular weight is 583 g/mol. The lowest BCUT2D eigenvalue weighted by Crippen LogP contribution is -2.37. The molecule has 1 N–H and O–H groups in total. The van der Waals surface area contributed by atoms with Crippen LogP contribution in [0.5, 0.6) is 0 Å². The second kappa shape index (κ2) is 11.8. The molecule has 0 aliphatic carbocycles. The molecule has 2 aliphatic heterocycles. The maximum Gasteiger partial charge on any atom is 0.416 e. The van der Waals surface area contributed by atoms with Crippen LogP contribution in [0.1, 0.15) is 48.8 Å². The maximum absolute atomic E-state index is 14.0. The van der Waals surface area contributed by atoms with Gasteiger partial charge in [-0.2, -0.15) is 22.7 Å². The number of benzene rings is 1. The summed E-state index contributed by atoms with van der Waals surface area (Å²) in [6.07, 6.45) is 2.53. The van der Waals surface area contributed by atoms with E-state index in [9.17, 15) is 27.6 Å². The summed E-state index contributed by atoms with van der Waals surface area (Å²) in [5.74, 6) is -0.458. The van der Waals surface area contributed by atoms with E-state index in [0.717, 1.165) is 22.2 Å². The van der Waals surface area contributed by atoms with Crippen molar-refractivity contribution in [3.63, 3.8) is 0 Å². The summed E-state index contributed by atoms with van der Waals surface area (Å²) in [6.45, 7) is 6.33. The molecule has 2 amide bonds. The number of hydrogen-bond donors (Lipinski definition) is 1. The van der Waals surface area contributed by atoms with Crippen molar-refractivity contribution in [2.24, 2.45) is 0 Å². The fourth-order valence-electron chi connectivity index (χ4n) is 5.14. The lowest BCUT2D eigenvalue weighted by Gasteiger charge is -2.29. The van der Waals surface area contributed by atoms with E-state index in [2.05, 4.69) is 22.0 Å². The van der Waals surface area contributed by atoms with Gasteiger partial charge in [0, 0.05) is 17.9 Å². The number of anilines is 1. The highest BCUT2D eigenvalue weighted by Gasteiger charge is 2.31. The van der Waals surface area contributed by atoms with Crippen LogP contribution in [0.15, 0.2) is 53.9 Å². The van der Waals surface area contributed by atoms with Gasteiger partial charge >= 0.3 is 6.18 Å². The topological polar surface area (TPSA) is 111 Å². The van der Waals surface area contributed by atoms with E-state index in [1.807, 2.05) is 19.1 Å². The Bertz CT molecular complexity index is 1670. The van der Waals surface area contributed by atoms with Crippen molar-refractivity contribution in [2.45, 2.75) is 45.3 Å². The van der Waals surface area contributed by atoms with E-state index in [0.29, 0.717) is 62.7 Å². The molecule has 0 saturated carbocycles. The first-order valence-electron chi connectivity index (χ1n) is 13.5. The summed E-state index contributed by atoms with van der Waals surface area (Å²) >= 11 is 0. The molecule has 1 aromatic carbocycles. The SMILES string of the molecule is C=CC(=O)N1CCCC=C1c1c(CC)n(CC(=O)Nc2ccc(C(F)(F)F)cc2)c2nc(C3=CCOCC3)nn2c1=O. The number of nitrogens with one attached hydrogen (secondary N) is 1. The van der Waals surface area contributed by atoms with Crippen LogP contribution in [0.25, 0.3) is 17.0 Å². The van der Waals surface area contributed by atoms with Gasteiger partial charge in [-0.25, -0.2) is 0 Å². The summed E-state index contributed by atoms with van der Waals surface area (Å²) in [7, 11) is 0. The largest absolute Gasteiger partial charge is 0.416 e. The molecule has 3 aromatic rings. The third-order valence-corrected chi connectivity index (χ3v) is 7.15. The van der Waals surface area contributed by atoms with Crippen molar-refractivity contribution in [2.75, 3.05) is 25.1 Å². The van der Waals surface area contributed by atoms with Crippen molar-refractivity contribution in [3.8, 4) is 0 Å². The molecule has 42 heavy (non-hydrogen) atoms. The third kappa shape index (κ3) is 5.64. The molecule has 2 aliphatic rings. The Morgan fingerprint density at radius 1 is 1.19 bits per heavy atom. The number of fused-ring (bicyclic) bond motifs is 1. The second-order valence-electron chi connectivity index (χ2n) is 9.82. The van der Waals surface area contributed by atoms with Gasteiger partial charge < -0.3 is 19.5 Å². The number of allylic oxidation sites excluding steroid dienone is 1. The van der Waals surface area contributed by atoms with Crippen LogP contribution in [0.3, 0.4) is 0 Å². The molecule has 4 heterocycles. The number of amides is 2. The lowest BCUT2D eigenvalue weighted by molar-refractivity contribution is -0.137. The Morgan fingerprint density at radius 2 is 1.95 bits per heavy atom. The molecule has 0 saturated heterocycles. The maximum atomic E-state index is 14.0. The quantitative estimate of drug-likeness (QED) is 0.421. The molecular formula is C29H29F3N6O4. The van der Waals surface area contributed by atoms with Gasteiger partial charge in [0.05, 0.1) is 30.0 Å². The van der Waals surface area contributed by atoms with Gasteiger partial charge in [-0.15, -0.1) is 5.10 Å². The van der Waals surface area contributed by atoms with Crippen molar-refractivity contribution in [1.82, 2.24) is 24.1 Å². The van der Waals surface area contributed by atoms with Gasteiger partial charge in [-0.05, 0) is 61.6 Å². The molecule has 10 nitrogen and oxygen atoms in total. The lowest BCUT2D eigenvalue weighted by atomic mass is 10.0. The number of ether oxygens (including phenoxy) is 1. The zero-order valence-corrected chi connectivity index (χ0v) is 22.9. The van der Waals surface area contributed by atoms with Crippen molar-refractivity contribution < 1.29 is 27.5 Å². The molecule has 13 heteroatoms. The van der Waals surface area contributed by atoms with Crippen LogP contribution in [-0.4, -0.2) is 55.6 Å². The van der Waals surface area contributed by atoms with Crippen LogP contribution in [0, 0.1) is 0 Å². The van der Waals surface area contributed by atoms with Gasteiger partial charge in [0.15, 0.2) is 5.82 Å². The highest BCUT2D eigenvalue weighted by atomic mass is 19.4. The highest BCUT2D eigenvalue weighted by Crippen LogP contribution is 2.30. The molecule has 0 fully saturated rings. The molecular weight excluding hydrogens is 553 g/mol. The van der Waals surface area contributed by atoms with E-state index in [1.165, 1.54) is 23.1 Å². The number of alkyl halides is 3. The Kier molecular flexibility index (Phi) is 8.12. The molecule has 0 unspecified atom stereocenters. The van der Waals surface area contributed by atoms with Crippen molar-refractivity contribution in [3.05, 3.63) is 82.1 Å². The number of hydrogen-bond acceptors (Lipinski definition) is 6. The van der Waals surface area contributed by atoms with Crippen molar-refractivity contribution >= 4 is 34.5 Å². The number of carbonyl (C=O) groups is 2. The summed E-state index contributed by atoms with van der Waals surface area (Å²) in [5, 5.41) is 7.12. The highest BCUT2D eigenvalue weighted by molar-refractivity contribution is 5.95. The molecule has 0 radical (unpaired) electrons. The Morgan fingerprint density at radius 3 is 2.60 bits per heavy atom. The molecule has 0 bridgehead atoms. The van der Waals surface area contributed by atoms with E-state index >= 15 is 0 Å². The predicted molar refractivity (Wildman–Crippen MR) is 149 cm³/mol. The fourth-order valence-corrected chi connectivity index (χ4v) is 5.14. The molecule has 2 aromatic heterocycles. The number of halogens is 3. The van der Waals surface area contributed by atoms with E-state index in [-0.39, 0.29) is 29.5 Å². The number of rotatable bonds is 7. The predicted octanol–water partition coefficient (Wildman–Crippen LogP) is 4.06. The average Bonchev–Trinajstić information content (AvgIpc) is 3.44. The summed E-state index contributed by atoms with van der Waals surface area (Å²) < 4.78 is 47.0. The summed E-state index contributed by atoms with van der Waals surface area (Å²) in [4.78, 5) is 46.2. The smallest absolute Gasteiger partial charge is 0.377 e. The van der Waals surface area contributed by atoms with E-state index in [1.54, 1.807) is 4.57 Å². The zero-order chi connectivity index (χ0) is 30.0. The van der Waals surface area contributed by atoms with E-state index in [4.69, 9.17) is 4.74 Å². The molecule has 5 rings (SSSR count). The van der Waals surface area contributed by atoms with Crippen LogP contribution >= 0.6 is 0 Å². The van der Waals surface area contributed by atoms with Gasteiger partial charge in [-0.3, -0.25) is 14.4 Å². The third-order valence-electron chi connectivity index (χ3n) is 7.15. The van der Waals surface area contributed by atoms with E-state index < -0.39 is 23.2 Å². The fraction of sp³-hybridized carbons (Fsp3) is 0.345. The summed E-state index contributed by atoms with van der Waals surface area (Å²) in [6, 6.07) is 4.12. The van der Waals surface area contributed by atoms with Gasteiger partial charge in [0.2, 0.25) is 17.6 Å². The Labute approximate surface area is 238 Å². The Balaban J connectivity index is 1.62. The minimum atomic E-state index is -4.50. The monoisotopic (exact) mass is 582 g/mol. The summed E-state index contributed by atoms with van der Waals surface area (Å²) in [5.41, 5.74) is 0.750. The molecule has 0 atom stereocenters. The minimum absolute atomic E-state index is 0.128. The standard InChI is InChI=1S/C29H29F3N6O4/c1-3-21-25(22-7-5-6-14-36(22)24(40)4-2)27(41)38-28(34-26(35-38)18-12-15-42-16-13-18)37(21)17-23(39)33-20-10-8-19(9-11-20)29(30,31)32/h4,7-12H,2-3,5-6,13-17H2,1H3,(H,33,39). The van der Waals surface area contributed by atoms with Crippen LogP contribution in [0.2, 0.25) is 0 Å². The first kappa shape index (κ1) is 29.0. The Hall–Kier alpha value is -4.52. The van der Waals surface area contributed by atoms with Gasteiger partial charge in [-0.1, -0.05) is 25.7 Å². The first-order chi connectivity index (χ1) is 20.1. The normalized spacial score (nSPS) is 15.8.